The Bertz CT molecular complexity index is 752. The van der Waals surface area contributed by atoms with Crippen LogP contribution in [0, 0.1) is 11.8 Å². The van der Waals surface area contributed by atoms with Crippen molar-refractivity contribution in [1.82, 2.24) is 10.6 Å². The zero-order valence-corrected chi connectivity index (χ0v) is 19.1. The van der Waals surface area contributed by atoms with Crippen LogP contribution in [0.1, 0.15) is 12.8 Å². The van der Waals surface area contributed by atoms with Gasteiger partial charge in [0.15, 0.2) is 0 Å². The number of nitrogens with one attached hydrogen (secondary N) is 2. The second-order valence-corrected chi connectivity index (χ2v) is 10.3. The first kappa shape index (κ1) is 28.6. The molecular weight excluding hydrogens is 575 g/mol. The minimum atomic E-state index is -5.68. The van der Waals surface area contributed by atoms with E-state index in [0.29, 0.717) is 0 Å². The van der Waals surface area contributed by atoms with Gasteiger partial charge in [0.2, 0.25) is 11.1 Å². The van der Waals surface area contributed by atoms with Crippen LogP contribution in [0.15, 0.2) is 0 Å². The minimum absolute atomic E-state index is 0.408. The fourth-order valence-electron chi connectivity index (χ4n) is 6.11. The van der Waals surface area contributed by atoms with Crippen molar-refractivity contribution in [2.45, 2.75) is 83.7 Å². The van der Waals surface area contributed by atoms with Crippen molar-refractivity contribution >= 4 is 23.2 Å². The first-order chi connectivity index (χ1) is 16.2. The monoisotopic (exact) mass is 592 g/mol. The highest BCUT2D eigenvalue weighted by molar-refractivity contribution is 6.22. The quantitative estimate of drug-likeness (QED) is 0.276. The van der Waals surface area contributed by atoms with Gasteiger partial charge in [-0.1, -0.05) is 0 Å². The molecule has 0 spiro atoms. The number of fused-ring (bicyclic) bond motifs is 4. The topological polar surface area (TPSA) is 42.5 Å². The maximum absolute atomic E-state index is 13.4. The van der Waals surface area contributed by atoms with Crippen LogP contribution in [0.5, 0.6) is 0 Å². The van der Waals surface area contributed by atoms with E-state index in [-0.39, 0.29) is 0 Å². The summed E-state index contributed by atoms with van der Waals surface area (Å²) in [4.78, 5) is 0. The third kappa shape index (κ3) is 3.82. The molecule has 2 aliphatic heterocycles. The molecule has 18 heteroatoms. The minimum Gasteiger partial charge on any atom is -0.374 e. The van der Waals surface area contributed by atoms with Gasteiger partial charge in [0.1, 0.15) is 0 Å². The first-order valence-corrected chi connectivity index (χ1v) is 11.4. The molecule has 0 radical (unpaired) electrons. The van der Waals surface area contributed by atoms with Crippen LogP contribution in [0.4, 0.5) is 52.7 Å². The number of alkyl halides is 14. The van der Waals surface area contributed by atoms with Crippen molar-refractivity contribution in [3.05, 3.63) is 0 Å². The molecule has 0 aromatic heterocycles. The molecule has 4 bridgehead atoms. The molecule has 2 heterocycles. The Morgan fingerprint density at radius 3 is 1.06 bits per heavy atom. The molecule has 4 aliphatic rings. The van der Waals surface area contributed by atoms with E-state index in [4.69, 9.17) is 32.7 Å². The number of halogens is 14. The van der Waals surface area contributed by atoms with Gasteiger partial charge in [0.25, 0.3) is 0 Å². The molecule has 2 unspecified atom stereocenters. The molecule has 36 heavy (non-hydrogen) atoms. The van der Waals surface area contributed by atoms with Crippen LogP contribution in [0.3, 0.4) is 0 Å². The van der Waals surface area contributed by atoms with Gasteiger partial charge in [-0.25, -0.2) is 0 Å². The van der Waals surface area contributed by atoms with Crippen molar-refractivity contribution in [3.63, 3.8) is 0 Å². The predicted molar refractivity (Wildman–Crippen MR) is 98.5 cm³/mol. The molecule has 2 saturated heterocycles. The molecule has 0 aromatic rings. The summed E-state index contributed by atoms with van der Waals surface area (Å²) in [5, 5.41) is -0.0192. The maximum Gasteiger partial charge on any atom is 0.415 e. The van der Waals surface area contributed by atoms with Gasteiger partial charge < -0.3 is 9.47 Å². The highest BCUT2D eigenvalue weighted by atomic mass is 35.5. The largest absolute Gasteiger partial charge is 0.415 e. The van der Waals surface area contributed by atoms with E-state index in [0.717, 1.165) is 0 Å². The smallest absolute Gasteiger partial charge is 0.374 e. The first-order valence-electron chi connectivity index (χ1n) is 10.5. The standard InChI is InChI=1S/C18H18Cl2F12N2O2/c19-9-5-3-7(11(9)33-13(5,15(21,22)23)16(24,25)26)35-1-2-36-8-4-6-10(20)12(8)34-14(6,17(27,28)29)18(30,31)32/h5-12,33-34H,1-4H2/t5-,6+,7-,8+,9?,10?,11+,12-. The maximum atomic E-state index is 13.4. The van der Waals surface area contributed by atoms with E-state index in [1.165, 1.54) is 0 Å². The van der Waals surface area contributed by atoms with Gasteiger partial charge >= 0.3 is 24.7 Å². The van der Waals surface area contributed by atoms with Crippen LogP contribution in [0.2, 0.25) is 0 Å². The summed E-state index contributed by atoms with van der Waals surface area (Å²) >= 11 is 11.7. The van der Waals surface area contributed by atoms with Crippen LogP contribution in [-0.2, 0) is 9.47 Å². The lowest BCUT2D eigenvalue weighted by Gasteiger charge is -2.43. The van der Waals surface area contributed by atoms with Gasteiger partial charge in [-0.3, -0.25) is 10.6 Å². The van der Waals surface area contributed by atoms with Crippen molar-refractivity contribution in [2.24, 2.45) is 11.8 Å². The Hall–Kier alpha value is -0.420. The molecule has 2 aliphatic carbocycles. The van der Waals surface area contributed by atoms with Gasteiger partial charge in [-0.15, -0.1) is 23.2 Å². The average molecular weight is 593 g/mol. The van der Waals surface area contributed by atoms with E-state index < -0.39 is 109 Å². The number of hydrogen-bond acceptors (Lipinski definition) is 4. The Morgan fingerprint density at radius 1 is 0.583 bits per heavy atom. The number of piperidine rings is 2. The summed E-state index contributed by atoms with van der Waals surface area (Å²) in [6.07, 6.45) is -26.4. The summed E-state index contributed by atoms with van der Waals surface area (Å²) in [7, 11) is 0. The Labute approximate surface area is 205 Å². The van der Waals surface area contributed by atoms with Gasteiger partial charge in [0.05, 0.1) is 48.3 Å². The second-order valence-electron chi connectivity index (χ2n) is 9.34. The molecule has 0 aromatic carbocycles. The normalized spacial score (nSPS) is 39.8. The molecule has 2 N–H and O–H groups in total. The predicted octanol–water partition coefficient (Wildman–Crippen LogP) is 4.68. The lowest BCUT2D eigenvalue weighted by Crippen LogP contribution is -2.70. The lowest BCUT2D eigenvalue weighted by atomic mass is 9.82. The molecule has 2 saturated carbocycles. The molecule has 0 amide bonds. The fourth-order valence-corrected chi connectivity index (χ4v) is 7.15. The van der Waals surface area contributed by atoms with E-state index in [2.05, 4.69) is 0 Å². The summed E-state index contributed by atoms with van der Waals surface area (Å²) < 4.78 is 171. The van der Waals surface area contributed by atoms with Gasteiger partial charge in [0, 0.05) is 11.8 Å². The highest BCUT2D eigenvalue weighted by Gasteiger charge is 2.82. The molecule has 4 nitrogen and oxygen atoms in total. The lowest BCUT2D eigenvalue weighted by molar-refractivity contribution is -0.323. The molecular formula is C18H18Cl2F12N2O2. The summed E-state index contributed by atoms with van der Waals surface area (Å²) in [5.74, 6) is -4.14. The van der Waals surface area contributed by atoms with Gasteiger partial charge in [-0.05, 0) is 12.8 Å². The van der Waals surface area contributed by atoms with Crippen LogP contribution < -0.4 is 10.6 Å². The van der Waals surface area contributed by atoms with Crippen molar-refractivity contribution < 1.29 is 62.2 Å². The van der Waals surface area contributed by atoms with E-state index >= 15 is 0 Å². The number of rotatable bonds is 5. The van der Waals surface area contributed by atoms with Crippen molar-refractivity contribution in [3.8, 4) is 0 Å². The third-order valence-electron chi connectivity index (χ3n) is 7.67. The number of ether oxygens (including phenoxy) is 2. The summed E-state index contributed by atoms with van der Waals surface area (Å²) in [6.45, 7) is -0.816. The molecule has 8 atom stereocenters. The van der Waals surface area contributed by atoms with Crippen LogP contribution in [-0.4, -0.2) is 84.0 Å². The Kier molecular flexibility index (Phi) is 6.78. The molecule has 4 rings (SSSR count). The van der Waals surface area contributed by atoms with E-state index in [1.54, 1.807) is 10.6 Å². The summed E-state index contributed by atoms with van der Waals surface area (Å²) in [6, 6.07) is -3.01. The third-order valence-corrected chi connectivity index (χ3v) is 8.82. The van der Waals surface area contributed by atoms with Crippen molar-refractivity contribution in [1.29, 1.82) is 0 Å². The Morgan fingerprint density at radius 2 is 0.861 bits per heavy atom. The molecule has 4 fully saturated rings. The van der Waals surface area contributed by atoms with Gasteiger partial charge in [-0.2, -0.15) is 52.7 Å². The Balaban J connectivity index is 1.33. The van der Waals surface area contributed by atoms with Crippen LogP contribution >= 0.6 is 23.2 Å². The second kappa shape index (κ2) is 8.54. The average Bonchev–Trinajstić information content (AvgIpc) is 3.37. The van der Waals surface area contributed by atoms with E-state index in [1.807, 2.05) is 0 Å². The molecule has 210 valence electrons. The highest BCUT2D eigenvalue weighted by Crippen LogP contribution is 2.60. The zero-order chi connectivity index (χ0) is 27.3. The fraction of sp³-hybridized carbons (Fsp3) is 1.00. The zero-order valence-electron chi connectivity index (χ0n) is 17.6. The van der Waals surface area contributed by atoms with Crippen LogP contribution in [0.25, 0.3) is 0 Å². The number of hydrogen-bond donors (Lipinski definition) is 2. The summed E-state index contributed by atoms with van der Waals surface area (Å²) in [5.41, 5.74) is -8.39. The van der Waals surface area contributed by atoms with E-state index in [9.17, 15) is 52.7 Å². The SMILES string of the molecule is FC(F)(F)C1(C(F)(F)F)N[C@@H]2C(Cl)[C@H]1C[C@H]2OCCO[C@H]1C[C@H]2C(Cl)[C@@H]1NC2(C(F)(F)F)C(F)(F)F. The van der Waals surface area contributed by atoms with Crippen molar-refractivity contribution in [2.75, 3.05) is 13.2 Å².